The molecular formula is C3Cl2N2O2S. The number of rotatable bonds is 1. The molecule has 0 aromatic carbocycles. The molecule has 0 atom stereocenters. The van der Waals surface area contributed by atoms with E-state index >= 15 is 0 Å². The molecule has 0 fully saturated rings. The van der Waals surface area contributed by atoms with Gasteiger partial charge in [0.25, 0.3) is 4.47 Å². The number of halogens is 2. The summed E-state index contributed by atoms with van der Waals surface area (Å²) in [6, 6.07) is 0. The van der Waals surface area contributed by atoms with Gasteiger partial charge in [-0.3, -0.25) is 0 Å². The lowest BCUT2D eigenvalue weighted by Gasteiger charge is -1.84. The summed E-state index contributed by atoms with van der Waals surface area (Å²) in [5.74, 6) is -0.378. The van der Waals surface area contributed by atoms with Crippen LogP contribution in [0.5, 0.6) is 0 Å². The van der Waals surface area contributed by atoms with E-state index in [2.05, 4.69) is 4.98 Å². The Bertz CT molecular complexity index is 273. The van der Waals surface area contributed by atoms with E-state index < -0.39 is 4.92 Å². The van der Waals surface area contributed by atoms with Gasteiger partial charge in [-0.05, 0) is 21.5 Å². The highest BCUT2D eigenvalue weighted by Gasteiger charge is 2.19. The van der Waals surface area contributed by atoms with E-state index in [0.29, 0.717) is 0 Å². The second-order valence-electron chi connectivity index (χ2n) is 1.32. The van der Waals surface area contributed by atoms with Gasteiger partial charge in [-0.2, -0.15) is 0 Å². The van der Waals surface area contributed by atoms with Crippen molar-refractivity contribution >= 4 is 40.4 Å². The minimum Gasteiger partial charge on any atom is -0.358 e. The van der Waals surface area contributed by atoms with Crippen LogP contribution in [0.15, 0.2) is 0 Å². The van der Waals surface area contributed by atoms with Crippen molar-refractivity contribution in [3.05, 3.63) is 18.9 Å². The lowest BCUT2D eigenvalue weighted by atomic mass is 10.8. The zero-order valence-corrected chi connectivity index (χ0v) is 6.70. The fourth-order valence-electron chi connectivity index (χ4n) is 0.382. The van der Waals surface area contributed by atoms with Crippen molar-refractivity contribution in [2.45, 2.75) is 0 Å². The molecule has 0 unspecified atom stereocenters. The number of nitro groups is 1. The maximum Gasteiger partial charge on any atom is 0.395 e. The molecule has 0 bridgehead atoms. The number of nitrogens with zero attached hydrogens (tertiary/aromatic N) is 2. The molecule has 1 aromatic rings. The number of hydrogen-bond donors (Lipinski definition) is 0. The van der Waals surface area contributed by atoms with Gasteiger partial charge in [0.2, 0.25) is 0 Å². The third-order valence-corrected chi connectivity index (χ3v) is 2.05. The van der Waals surface area contributed by atoms with Crippen LogP contribution in [-0.4, -0.2) is 9.91 Å². The van der Waals surface area contributed by atoms with Crippen molar-refractivity contribution in [1.29, 1.82) is 0 Å². The van der Waals surface area contributed by atoms with Crippen LogP contribution >= 0.6 is 34.5 Å². The molecular weight excluding hydrogens is 199 g/mol. The van der Waals surface area contributed by atoms with Gasteiger partial charge in [-0.25, -0.2) is 0 Å². The Hall–Kier alpha value is -0.390. The number of aromatic nitrogens is 1. The molecule has 0 N–H and O–H groups in total. The average molecular weight is 199 g/mol. The molecule has 4 nitrogen and oxygen atoms in total. The van der Waals surface area contributed by atoms with Gasteiger partial charge in [0, 0.05) is 0 Å². The topological polar surface area (TPSA) is 56.0 Å². The van der Waals surface area contributed by atoms with Crippen molar-refractivity contribution in [3.63, 3.8) is 0 Å². The highest BCUT2D eigenvalue weighted by Crippen LogP contribution is 2.32. The molecule has 0 spiro atoms. The summed E-state index contributed by atoms with van der Waals surface area (Å²) in [6.45, 7) is 0. The highest BCUT2D eigenvalue weighted by atomic mass is 35.5. The van der Waals surface area contributed by atoms with Gasteiger partial charge >= 0.3 is 5.82 Å². The molecule has 0 aliphatic carbocycles. The maximum atomic E-state index is 10.0. The lowest BCUT2D eigenvalue weighted by molar-refractivity contribution is -0.388. The maximum absolute atomic E-state index is 10.0. The summed E-state index contributed by atoms with van der Waals surface area (Å²) < 4.78 is 0.0895. The summed E-state index contributed by atoms with van der Waals surface area (Å²) in [4.78, 5) is 12.7. The first kappa shape index (κ1) is 7.71. The third-order valence-electron chi connectivity index (χ3n) is 0.716. The van der Waals surface area contributed by atoms with E-state index in [1.54, 1.807) is 0 Å². The van der Waals surface area contributed by atoms with E-state index in [1.807, 2.05) is 0 Å². The van der Waals surface area contributed by atoms with Crippen LogP contribution in [0.3, 0.4) is 0 Å². The van der Waals surface area contributed by atoms with E-state index in [1.165, 1.54) is 0 Å². The lowest BCUT2D eigenvalue weighted by Crippen LogP contribution is -1.87. The van der Waals surface area contributed by atoms with Crippen molar-refractivity contribution in [2.24, 2.45) is 0 Å². The molecule has 0 saturated carbocycles. The molecule has 1 heterocycles. The van der Waals surface area contributed by atoms with Crippen LogP contribution in [-0.2, 0) is 0 Å². The molecule has 0 aliphatic heterocycles. The van der Waals surface area contributed by atoms with Crippen LogP contribution in [0, 0.1) is 10.1 Å². The average Bonchev–Trinajstić information content (AvgIpc) is 2.10. The monoisotopic (exact) mass is 198 g/mol. The van der Waals surface area contributed by atoms with Crippen LogP contribution in [0.25, 0.3) is 0 Å². The van der Waals surface area contributed by atoms with Gasteiger partial charge in [-0.15, -0.1) is 0 Å². The Balaban J connectivity index is 3.15. The fraction of sp³-hybridized carbons (Fsp3) is 0. The fourth-order valence-corrected chi connectivity index (χ4v) is 1.63. The first-order chi connectivity index (χ1) is 4.61. The van der Waals surface area contributed by atoms with Crippen molar-refractivity contribution in [3.8, 4) is 0 Å². The molecule has 10 heavy (non-hydrogen) atoms. The van der Waals surface area contributed by atoms with Gasteiger partial charge < -0.3 is 10.1 Å². The first-order valence-corrected chi connectivity index (χ1v) is 3.64. The second kappa shape index (κ2) is 2.69. The Kier molecular flexibility index (Phi) is 2.08. The van der Waals surface area contributed by atoms with Crippen molar-refractivity contribution < 1.29 is 4.92 Å². The minimum absolute atomic E-state index is 0.00926. The van der Waals surface area contributed by atoms with Gasteiger partial charge in [0.15, 0.2) is 4.34 Å². The summed E-state index contributed by atoms with van der Waals surface area (Å²) in [7, 11) is 0. The molecule has 0 radical (unpaired) electrons. The highest BCUT2D eigenvalue weighted by molar-refractivity contribution is 7.19. The molecule has 0 aliphatic rings. The van der Waals surface area contributed by atoms with Gasteiger partial charge in [0.1, 0.15) is 0 Å². The quantitative estimate of drug-likeness (QED) is 0.515. The normalized spacial score (nSPS) is 9.80. The standard InChI is InChI=1S/C3Cl2N2O2S/c4-1-2(7(8)9)6-3(5)10-1. The summed E-state index contributed by atoms with van der Waals surface area (Å²) in [5.41, 5.74) is 0. The van der Waals surface area contributed by atoms with Crippen LogP contribution in [0.4, 0.5) is 5.82 Å². The molecule has 1 rings (SSSR count). The Morgan fingerprint density at radius 1 is 1.60 bits per heavy atom. The summed E-state index contributed by atoms with van der Waals surface area (Å²) in [6.07, 6.45) is 0. The Labute approximate surface area is 69.6 Å². The summed E-state index contributed by atoms with van der Waals surface area (Å²) >= 11 is 11.6. The van der Waals surface area contributed by atoms with Crippen LogP contribution in [0.2, 0.25) is 8.80 Å². The van der Waals surface area contributed by atoms with Crippen molar-refractivity contribution in [2.75, 3.05) is 0 Å². The van der Waals surface area contributed by atoms with Crippen LogP contribution in [0.1, 0.15) is 0 Å². The number of hydrogen-bond acceptors (Lipinski definition) is 4. The van der Waals surface area contributed by atoms with Gasteiger partial charge in [0.05, 0.1) is 0 Å². The predicted octanol–water partition coefficient (Wildman–Crippen LogP) is 2.36. The smallest absolute Gasteiger partial charge is 0.358 e. The molecule has 1 aromatic heterocycles. The Morgan fingerprint density at radius 2 is 2.20 bits per heavy atom. The van der Waals surface area contributed by atoms with E-state index in [9.17, 15) is 10.1 Å². The summed E-state index contributed by atoms with van der Waals surface area (Å²) in [5, 5.41) is 10.0. The predicted molar refractivity (Wildman–Crippen MR) is 38.8 cm³/mol. The molecule has 54 valence electrons. The van der Waals surface area contributed by atoms with E-state index in [-0.39, 0.29) is 14.6 Å². The molecule has 7 heteroatoms. The third kappa shape index (κ3) is 1.36. The first-order valence-electron chi connectivity index (χ1n) is 2.07. The van der Waals surface area contributed by atoms with E-state index in [0.717, 1.165) is 11.3 Å². The van der Waals surface area contributed by atoms with Crippen LogP contribution < -0.4 is 0 Å². The number of thiazole rings is 1. The van der Waals surface area contributed by atoms with Crippen molar-refractivity contribution in [1.82, 2.24) is 4.98 Å². The Morgan fingerprint density at radius 3 is 2.40 bits per heavy atom. The van der Waals surface area contributed by atoms with Gasteiger partial charge in [-0.1, -0.05) is 22.9 Å². The zero-order chi connectivity index (χ0) is 7.72. The molecule has 0 amide bonds. The SMILES string of the molecule is O=[N+]([O-])c1nc(Cl)sc1Cl. The largest absolute Gasteiger partial charge is 0.395 e. The minimum atomic E-state index is -0.676. The zero-order valence-electron chi connectivity index (χ0n) is 4.38. The second-order valence-corrected chi connectivity index (χ2v) is 3.50. The molecule has 0 saturated heterocycles. The van der Waals surface area contributed by atoms with E-state index in [4.69, 9.17) is 23.2 Å².